The van der Waals surface area contributed by atoms with Crippen molar-refractivity contribution in [3.05, 3.63) is 54.3 Å². The lowest BCUT2D eigenvalue weighted by atomic mass is 10.2. The summed E-state index contributed by atoms with van der Waals surface area (Å²) in [6.07, 6.45) is 0.680. The number of carbonyl (C=O) groups is 1. The van der Waals surface area contributed by atoms with Gasteiger partial charge in [-0.2, -0.15) is 9.97 Å². The number of nitrogens with zero attached hydrogens (tertiary/aromatic N) is 5. The van der Waals surface area contributed by atoms with Gasteiger partial charge in [0, 0.05) is 12.6 Å². The Labute approximate surface area is 184 Å². The Balaban J connectivity index is 1.36. The maximum absolute atomic E-state index is 12.1. The van der Waals surface area contributed by atoms with Crippen LogP contribution in [0.1, 0.15) is 31.6 Å². The van der Waals surface area contributed by atoms with E-state index in [1.165, 1.54) is 11.1 Å². The lowest BCUT2D eigenvalue weighted by molar-refractivity contribution is 0.142. The molecule has 4 rings (SSSR count). The number of amides is 1. The van der Waals surface area contributed by atoms with Gasteiger partial charge < -0.3 is 24.4 Å². The molecular weight excluding hydrogens is 416 g/mol. The zero-order valence-electron chi connectivity index (χ0n) is 17.7. The first-order valence-corrected chi connectivity index (χ1v) is 10.2. The van der Waals surface area contributed by atoms with E-state index in [9.17, 15) is 9.90 Å². The summed E-state index contributed by atoms with van der Waals surface area (Å²) in [5, 5.41) is 17.0. The van der Waals surface area contributed by atoms with E-state index in [4.69, 9.17) is 14.0 Å². The van der Waals surface area contributed by atoms with Gasteiger partial charge in [0.05, 0.1) is 12.7 Å². The zero-order chi connectivity index (χ0) is 22.5. The van der Waals surface area contributed by atoms with E-state index < -0.39 is 18.2 Å². The van der Waals surface area contributed by atoms with Crippen LogP contribution in [-0.4, -0.2) is 56.7 Å². The first kappa shape index (κ1) is 21.5. The number of benzene rings is 1. The Bertz CT molecular complexity index is 1040. The van der Waals surface area contributed by atoms with E-state index in [2.05, 4.69) is 25.4 Å². The number of hydrogen-bond acceptors (Lipinski definition) is 10. The van der Waals surface area contributed by atoms with Crippen LogP contribution in [0.15, 0.2) is 47.1 Å². The van der Waals surface area contributed by atoms with Crippen molar-refractivity contribution >= 4 is 17.9 Å². The first-order chi connectivity index (χ1) is 15.5. The number of aromatic nitrogens is 4. The molecule has 0 bridgehead atoms. The van der Waals surface area contributed by atoms with Gasteiger partial charge in [-0.15, -0.1) is 0 Å². The van der Waals surface area contributed by atoms with Crippen LogP contribution in [0.4, 0.5) is 16.6 Å². The smallest absolute Gasteiger partial charge is 0.416 e. The number of nitrogens with one attached hydrogen (secondary N) is 1. The Morgan fingerprint density at radius 3 is 2.84 bits per heavy atom. The average Bonchev–Trinajstić information content (AvgIpc) is 3.42. The minimum Gasteiger partial charge on any atom is -0.493 e. The van der Waals surface area contributed by atoms with Crippen molar-refractivity contribution in [1.82, 2.24) is 20.1 Å². The number of para-hydroxylation sites is 1. The molecule has 0 aliphatic carbocycles. The molecule has 1 amide bonds. The van der Waals surface area contributed by atoms with Crippen molar-refractivity contribution in [1.29, 1.82) is 0 Å². The van der Waals surface area contributed by atoms with Gasteiger partial charge in [0.2, 0.25) is 11.8 Å². The summed E-state index contributed by atoms with van der Waals surface area (Å²) in [7, 11) is 0. The van der Waals surface area contributed by atoms with Crippen LogP contribution >= 0.6 is 0 Å². The van der Waals surface area contributed by atoms with Crippen molar-refractivity contribution in [3.63, 3.8) is 0 Å². The van der Waals surface area contributed by atoms with E-state index in [-0.39, 0.29) is 18.6 Å². The molecule has 3 heterocycles. The molecule has 11 heteroatoms. The second-order valence-corrected chi connectivity index (χ2v) is 7.32. The molecule has 1 aromatic carbocycles. The normalized spacial score (nSPS) is 17.7. The Morgan fingerprint density at radius 1 is 1.25 bits per heavy atom. The molecule has 1 saturated heterocycles. The summed E-state index contributed by atoms with van der Waals surface area (Å²) in [4.78, 5) is 26.4. The predicted octanol–water partition coefficient (Wildman–Crippen LogP) is 2.36. The highest BCUT2D eigenvalue weighted by molar-refractivity contribution is 5.89. The molecule has 0 saturated carbocycles. The second-order valence-electron chi connectivity index (χ2n) is 7.32. The van der Waals surface area contributed by atoms with Gasteiger partial charge in [0.25, 0.3) is 0 Å². The molecular formula is C21H24N6O5. The van der Waals surface area contributed by atoms with Crippen molar-refractivity contribution in [2.75, 3.05) is 23.4 Å². The zero-order valence-corrected chi connectivity index (χ0v) is 17.7. The van der Waals surface area contributed by atoms with Crippen LogP contribution < -0.4 is 15.0 Å². The van der Waals surface area contributed by atoms with Crippen molar-refractivity contribution in [3.8, 4) is 5.75 Å². The highest BCUT2D eigenvalue weighted by atomic mass is 16.6. The van der Waals surface area contributed by atoms with E-state index in [1.807, 2.05) is 37.3 Å². The van der Waals surface area contributed by atoms with Crippen molar-refractivity contribution in [2.24, 2.45) is 0 Å². The quantitative estimate of drug-likeness (QED) is 0.510. The van der Waals surface area contributed by atoms with Gasteiger partial charge in [-0.25, -0.2) is 9.78 Å². The highest BCUT2D eigenvalue weighted by Crippen LogP contribution is 2.24. The molecule has 168 valence electrons. The van der Waals surface area contributed by atoms with E-state index in [0.717, 1.165) is 5.75 Å². The summed E-state index contributed by atoms with van der Waals surface area (Å²) >= 11 is 0. The standard InChI is InChI=1S/C21H24N6O5/c1-13(19-24-17(26-32-19)9-11-30-15-6-4-3-5-7-15)23-20-22-10-8-18(25-20)27-16(14(2)28)12-31-21(27)29/h3-8,10,13-14,16,28H,9,11-12H2,1-2H3,(H,22,23,25)/t13?,14-,16-/m1/s1. The summed E-state index contributed by atoms with van der Waals surface area (Å²) < 4.78 is 16.0. The maximum Gasteiger partial charge on any atom is 0.416 e. The van der Waals surface area contributed by atoms with Crippen LogP contribution in [0.2, 0.25) is 0 Å². The lowest BCUT2D eigenvalue weighted by Crippen LogP contribution is -2.41. The van der Waals surface area contributed by atoms with Gasteiger partial charge >= 0.3 is 6.09 Å². The number of hydrogen-bond donors (Lipinski definition) is 2. The van der Waals surface area contributed by atoms with Crippen molar-refractivity contribution in [2.45, 2.75) is 38.5 Å². The minimum absolute atomic E-state index is 0.0957. The number of anilines is 2. The summed E-state index contributed by atoms with van der Waals surface area (Å²) in [6.45, 7) is 3.95. The molecule has 0 radical (unpaired) electrons. The van der Waals surface area contributed by atoms with Crippen LogP contribution in [0.3, 0.4) is 0 Å². The molecule has 1 unspecified atom stereocenters. The van der Waals surface area contributed by atoms with Gasteiger partial charge in [0.15, 0.2) is 5.82 Å². The Hall–Kier alpha value is -3.73. The molecule has 1 fully saturated rings. The first-order valence-electron chi connectivity index (χ1n) is 10.2. The fourth-order valence-corrected chi connectivity index (χ4v) is 3.18. The molecule has 1 aliphatic heterocycles. The molecule has 3 aromatic rings. The third-order valence-corrected chi connectivity index (χ3v) is 4.89. The fraction of sp³-hybridized carbons (Fsp3) is 0.381. The lowest BCUT2D eigenvalue weighted by Gasteiger charge is -2.22. The average molecular weight is 440 g/mol. The number of carbonyl (C=O) groups excluding carboxylic acids is 1. The van der Waals surface area contributed by atoms with Gasteiger partial charge in [-0.05, 0) is 32.0 Å². The third kappa shape index (κ3) is 4.94. The maximum atomic E-state index is 12.1. The summed E-state index contributed by atoms with van der Waals surface area (Å²) in [6, 6.07) is 10.2. The monoisotopic (exact) mass is 440 g/mol. The SMILES string of the molecule is CC(Nc1nccc(N2C(=O)OC[C@@H]2[C@@H](C)O)n1)c1nc(CCOc2ccccc2)no1. The predicted molar refractivity (Wildman–Crippen MR) is 113 cm³/mol. The molecule has 1 aliphatic rings. The van der Waals surface area contributed by atoms with Crippen LogP contribution in [0, 0.1) is 0 Å². The fourth-order valence-electron chi connectivity index (χ4n) is 3.18. The topological polar surface area (TPSA) is 136 Å². The van der Waals surface area contributed by atoms with Gasteiger partial charge in [-0.1, -0.05) is 23.4 Å². The summed E-state index contributed by atoms with van der Waals surface area (Å²) in [5.41, 5.74) is 0. The molecule has 0 spiro atoms. The number of cyclic esters (lactones) is 1. The number of aliphatic hydroxyl groups is 1. The molecule has 3 atom stereocenters. The second kappa shape index (κ2) is 9.60. The summed E-state index contributed by atoms with van der Waals surface area (Å²) in [5.74, 6) is 2.27. The largest absolute Gasteiger partial charge is 0.493 e. The number of ether oxygens (including phenoxy) is 2. The number of rotatable bonds is 9. The Morgan fingerprint density at radius 2 is 2.06 bits per heavy atom. The van der Waals surface area contributed by atoms with Crippen LogP contribution in [0.25, 0.3) is 0 Å². The van der Waals surface area contributed by atoms with Crippen LogP contribution in [0.5, 0.6) is 5.75 Å². The van der Waals surface area contributed by atoms with E-state index >= 15 is 0 Å². The molecule has 32 heavy (non-hydrogen) atoms. The molecule has 2 N–H and O–H groups in total. The van der Waals surface area contributed by atoms with Crippen LogP contribution in [-0.2, 0) is 11.2 Å². The van der Waals surface area contributed by atoms with E-state index in [1.54, 1.807) is 13.0 Å². The molecule has 11 nitrogen and oxygen atoms in total. The minimum atomic E-state index is -0.769. The van der Waals surface area contributed by atoms with Crippen molar-refractivity contribution < 1.29 is 23.9 Å². The van der Waals surface area contributed by atoms with Gasteiger partial charge in [-0.3, -0.25) is 4.90 Å². The third-order valence-electron chi connectivity index (χ3n) is 4.89. The number of aliphatic hydroxyl groups excluding tert-OH is 1. The van der Waals surface area contributed by atoms with Gasteiger partial charge in [0.1, 0.15) is 30.3 Å². The Kier molecular flexibility index (Phi) is 6.45. The molecule has 2 aromatic heterocycles. The highest BCUT2D eigenvalue weighted by Gasteiger charge is 2.38. The van der Waals surface area contributed by atoms with E-state index in [0.29, 0.717) is 30.6 Å².